The Morgan fingerprint density at radius 2 is 1.80 bits per heavy atom. The summed E-state index contributed by atoms with van der Waals surface area (Å²) in [4.78, 5) is 12.8. The van der Waals surface area contributed by atoms with Gasteiger partial charge in [0.1, 0.15) is 5.82 Å². The first-order valence-electron chi connectivity index (χ1n) is 10.8. The van der Waals surface area contributed by atoms with Crippen LogP contribution in [-0.4, -0.2) is 55.0 Å². The van der Waals surface area contributed by atoms with Crippen LogP contribution in [0, 0.1) is 23.6 Å². The molecular weight excluding hydrogens is 409 g/mol. The number of hydrogen-bond donors (Lipinski definition) is 2. The molecule has 30 heavy (non-hydrogen) atoms. The molecule has 2 unspecified atom stereocenters. The van der Waals surface area contributed by atoms with E-state index < -0.39 is 21.6 Å². The van der Waals surface area contributed by atoms with E-state index in [-0.39, 0.29) is 36.9 Å². The van der Waals surface area contributed by atoms with Crippen molar-refractivity contribution < 1.29 is 22.7 Å². The summed E-state index contributed by atoms with van der Waals surface area (Å²) in [6, 6.07) is 5.37. The third-order valence-corrected chi connectivity index (χ3v) is 9.29. The summed E-state index contributed by atoms with van der Waals surface area (Å²) < 4.78 is 41.8. The summed E-state index contributed by atoms with van der Waals surface area (Å²) >= 11 is 0. The van der Waals surface area contributed by atoms with Gasteiger partial charge in [0.15, 0.2) is 0 Å². The molecule has 7 nitrogen and oxygen atoms in total. The first kappa shape index (κ1) is 20.2. The summed E-state index contributed by atoms with van der Waals surface area (Å²) in [7, 11) is -3.85. The van der Waals surface area contributed by atoms with Gasteiger partial charge in [-0.3, -0.25) is 9.10 Å². The normalized spacial score (nSPS) is 37.3. The Morgan fingerprint density at radius 1 is 1.13 bits per heavy atom. The van der Waals surface area contributed by atoms with Crippen LogP contribution in [0.25, 0.3) is 0 Å². The Kier molecular flexibility index (Phi) is 4.83. The van der Waals surface area contributed by atoms with Gasteiger partial charge in [0, 0.05) is 19.1 Å². The van der Waals surface area contributed by atoms with E-state index in [9.17, 15) is 22.7 Å². The Labute approximate surface area is 176 Å². The lowest BCUT2D eigenvalue weighted by Gasteiger charge is -2.58. The predicted molar refractivity (Wildman–Crippen MR) is 109 cm³/mol. The highest BCUT2D eigenvalue weighted by Crippen LogP contribution is 2.55. The SMILES string of the molecule is O=C(CN1CCCN(c2ccc(F)cc2)S1(=O)=O)NC1C2CC3CC1CC(O)(C3)C2. The molecule has 5 fully saturated rings. The zero-order valence-electron chi connectivity index (χ0n) is 16.8. The maximum Gasteiger partial charge on any atom is 0.304 e. The molecule has 2 N–H and O–H groups in total. The molecule has 4 saturated carbocycles. The third-order valence-electron chi connectivity index (χ3n) is 7.38. The standard InChI is InChI=1S/C21H28FN3O4S/c22-17-2-4-18(5-3-17)25-7-1-6-24(30(25,28)29)13-19(26)23-20-15-8-14-9-16(20)12-21(27,10-14)11-15/h2-5,14-16,20,27H,1,6-13H2,(H,23,26). The molecule has 5 aliphatic rings. The van der Waals surface area contributed by atoms with Crippen LogP contribution in [0.2, 0.25) is 0 Å². The van der Waals surface area contributed by atoms with Crippen molar-refractivity contribution in [3.8, 4) is 0 Å². The van der Waals surface area contributed by atoms with Gasteiger partial charge >= 0.3 is 10.2 Å². The summed E-state index contributed by atoms with van der Waals surface area (Å²) in [5, 5.41) is 13.8. The summed E-state index contributed by atoms with van der Waals surface area (Å²) in [5.41, 5.74) is -0.167. The van der Waals surface area contributed by atoms with Gasteiger partial charge < -0.3 is 10.4 Å². The number of nitrogens with zero attached hydrogens (tertiary/aromatic N) is 2. The maximum atomic E-state index is 13.2. The first-order chi connectivity index (χ1) is 14.2. The Balaban J connectivity index is 1.26. The van der Waals surface area contributed by atoms with E-state index in [1.165, 1.54) is 32.9 Å². The van der Waals surface area contributed by atoms with E-state index in [1.54, 1.807) is 0 Å². The summed E-state index contributed by atoms with van der Waals surface area (Å²) in [5.74, 6) is 0.388. The highest BCUT2D eigenvalue weighted by Gasteiger charge is 2.55. The van der Waals surface area contributed by atoms with Crippen LogP contribution < -0.4 is 9.62 Å². The van der Waals surface area contributed by atoms with Crippen molar-refractivity contribution in [2.24, 2.45) is 17.8 Å². The van der Waals surface area contributed by atoms with Crippen molar-refractivity contribution in [3.63, 3.8) is 0 Å². The fraction of sp³-hybridized carbons (Fsp3) is 0.667. The lowest BCUT2D eigenvalue weighted by atomic mass is 9.52. The minimum absolute atomic E-state index is 0.0232. The van der Waals surface area contributed by atoms with Crippen LogP contribution in [0.1, 0.15) is 38.5 Å². The minimum Gasteiger partial charge on any atom is -0.390 e. The van der Waals surface area contributed by atoms with Crippen LogP contribution >= 0.6 is 0 Å². The molecular formula is C21H28FN3O4S. The van der Waals surface area contributed by atoms with Crippen LogP contribution in [0.3, 0.4) is 0 Å². The van der Waals surface area contributed by atoms with Crippen LogP contribution in [-0.2, 0) is 15.0 Å². The molecule has 4 bridgehead atoms. The zero-order chi connectivity index (χ0) is 21.1. The van der Waals surface area contributed by atoms with Gasteiger partial charge in [-0.1, -0.05) is 0 Å². The molecule has 1 saturated heterocycles. The maximum absolute atomic E-state index is 13.2. The molecule has 164 valence electrons. The van der Waals surface area contributed by atoms with E-state index >= 15 is 0 Å². The largest absolute Gasteiger partial charge is 0.390 e. The van der Waals surface area contributed by atoms with Crippen LogP contribution in [0.15, 0.2) is 24.3 Å². The molecule has 1 heterocycles. The number of nitrogens with one attached hydrogen (secondary N) is 1. The number of anilines is 1. The summed E-state index contributed by atoms with van der Waals surface area (Å²) in [6.07, 6.45) is 4.99. The van der Waals surface area contributed by atoms with Crippen molar-refractivity contribution in [2.75, 3.05) is 23.9 Å². The minimum atomic E-state index is -3.85. The molecule has 0 spiro atoms. The lowest BCUT2D eigenvalue weighted by molar-refractivity contribution is -0.146. The fourth-order valence-electron chi connectivity index (χ4n) is 6.40. The topological polar surface area (TPSA) is 90.0 Å². The molecule has 2 atom stereocenters. The Morgan fingerprint density at radius 3 is 2.43 bits per heavy atom. The molecule has 0 radical (unpaired) electrons. The first-order valence-corrected chi connectivity index (χ1v) is 12.2. The average molecular weight is 438 g/mol. The van der Waals surface area contributed by atoms with Gasteiger partial charge in [0.05, 0.1) is 17.8 Å². The number of aliphatic hydroxyl groups is 1. The van der Waals surface area contributed by atoms with E-state index in [2.05, 4.69) is 5.32 Å². The number of amides is 1. The van der Waals surface area contributed by atoms with Gasteiger partial charge in [-0.05, 0) is 80.5 Å². The fourth-order valence-corrected chi connectivity index (χ4v) is 8.07. The molecule has 9 heteroatoms. The molecule has 1 aromatic rings. The quantitative estimate of drug-likeness (QED) is 0.749. The summed E-state index contributed by atoms with van der Waals surface area (Å²) in [6.45, 7) is 0.370. The number of carbonyl (C=O) groups excluding carboxylic acids is 1. The zero-order valence-corrected chi connectivity index (χ0v) is 17.7. The van der Waals surface area contributed by atoms with Gasteiger partial charge in [-0.2, -0.15) is 12.7 Å². The van der Waals surface area contributed by atoms with E-state index in [1.807, 2.05) is 0 Å². The smallest absolute Gasteiger partial charge is 0.304 e. The van der Waals surface area contributed by atoms with E-state index in [0.29, 0.717) is 24.6 Å². The van der Waals surface area contributed by atoms with Gasteiger partial charge in [-0.25, -0.2) is 4.39 Å². The monoisotopic (exact) mass is 437 g/mol. The van der Waals surface area contributed by atoms with Crippen molar-refractivity contribution in [1.29, 1.82) is 0 Å². The van der Waals surface area contributed by atoms with E-state index in [0.717, 1.165) is 32.1 Å². The van der Waals surface area contributed by atoms with E-state index in [4.69, 9.17) is 0 Å². The van der Waals surface area contributed by atoms with Gasteiger partial charge in [-0.15, -0.1) is 0 Å². The molecule has 1 amide bonds. The number of rotatable bonds is 4. The molecule has 1 aliphatic heterocycles. The highest BCUT2D eigenvalue weighted by atomic mass is 32.2. The van der Waals surface area contributed by atoms with Crippen molar-refractivity contribution in [3.05, 3.63) is 30.1 Å². The average Bonchev–Trinajstić information content (AvgIpc) is 2.66. The Bertz CT molecular complexity index is 922. The van der Waals surface area contributed by atoms with Crippen molar-refractivity contribution >= 4 is 21.8 Å². The lowest BCUT2D eigenvalue weighted by Crippen LogP contribution is -2.62. The second-order valence-electron chi connectivity index (χ2n) is 9.53. The number of hydrogen-bond acceptors (Lipinski definition) is 4. The van der Waals surface area contributed by atoms with Crippen molar-refractivity contribution in [2.45, 2.75) is 50.2 Å². The highest BCUT2D eigenvalue weighted by molar-refractivity contribution is 7.90. The molecule has 4 aliphatic carbocycles. The van der Waals surface area contributed by atoms with Gasteiger partial charge in [0.25, 0.3) is 0 Å². The molecule has 0 aromatic heterocycles. The van der Waals surface area contributed by atoms with Crippen LogP contribution in [0.4, 0.5) is 10.1 Å². The second-order valence-corrected chi connectivity index (χ2v) is 11.4. The van der Waals surface area contributed by atoms with Gasteiger partial charge in [0.2, 0.25) is 5.91 Å². The Hall–Kier alpha value is -1.71. The molecule has 1 aromatic carbocycles. The number of halogens is 1. The van der Waals surface area contributed by atoms with Crippen molar-refractivity contribution in [1.82, 2.24) is 9.62 Å². The second kappa shape index (κ2) is 7.17. The molecule has 6 rings (SSSR count). The van der Waals surface area contributed by atoms with Crippen LogP contribution in [0.5, 0.6) is 0 Å². The third kappa shape index (κ3) is 3.50. The number of carbonyl (C=O) groups is 1. The predicted octanol–water partition coefficient (Wildman–Crippen LogP) is 1.64. The number of benzene rings is 1.